The number of nitrogens with one attached hydrogen (secondary N) is 3. The van der Waals surface area contributed by atoms with Crippen LogP contribution in [0.15, 0.2) is 78.3 Å². The largest absolute Gasteiger partial charge is 0.493 e. The lowest BCUT2D eigenvalue weighted by Gasteiger charge is -2.16. The van der Waals surface area contributed by atoms with Gasteiger partial charge in [0, 0.05) is 11.6 Å². The van der Waals surface area contributed by atoms with E-state index in [9.17, 15) is 17.6 Å². The number of hydrogen-bond donors (Lipinski definition) is 3. The SMILES string of the molecule is COc1cccc(F)c1Oc1ccc(NS(=O)(=O)Cc2ccccc2)cc1NC(=O)Nc1nccs1. The van der Waals surface area contributed by atoms with Crippen LogP contribution in [0.25, 0.3) is 0 Å². The van der Waals surface area contributed by atoms with Crippen molar-refractivity contribution in [1.29, 1.82) is 0 Å². The molecule has 36 heavy (non-hydrogen) atoms. The minimum Gasteiger partial charge on any atom is -0.493 e. The monoisotopic (exact) mass is 528 g/mol. The van der Waals surface area contributed by atoms with Crippen molar-refractivity contribution in [3.63, 3.8) is 0 Å². The van der Waals surface area contributed by atoms with Crippen LogP contribution in [-0.4, -0.2) is 26.5 Å². The summed E-state index contributed by atoms with van der Waals surface area (Å²) in [5, 5.41) is 7.20. The van der Waals surface area contributed by atoms with Gasteiger partial charge in [0.25, 0.3) is 0 Å². The summed E-state index contributed by atoms with van der Waals surface area (Å²) >= 11 is 1.22. The quantitative estimate of drug-likeness (QED) is 0.258. The number of aromatic nitrogens is 1. The van der Waals surface area contributed by atoms with Gasteiger partial charge >= 0.3 is 6.03 Å². The van der Waals surface area contributed by atoms with E-state index >= 15 is 0 Å². The number of anilines is 3. The first kappa shape index (κ1) is 24.9. The van der Waals surface area contributed by atoms with Gasteiger partial charge in [0.2, 0.25) is 15.8 Å². The first-order valence-electron chi connectivity index (χ1n) is 10.5. The second-order valence-electron chi connectivity index (χ2n) is 7.35. The molecule has 0 fully saturated rings. The number of halogens is 1. The first-order chi connectivity index (χ1) is 17.3. The molecule has 0 radical (unpaired) electrons. The molecule has 3 N–H and O–H groups in total. The highest BCUT2D eigenvalue weighted by molar-refractivity contribution is 7.91. The van der Waals surface area contributed by atoms with Crippen LogP contribution in [0.5, 0.6) is 17.2 Å². The van der Waals surface area contributed by atoms with Gasteiger partial charge in [-0.05, 0) is 35.9 Å². The van der Waals surface area contributed by atoms with Crippen molar-refractivity contribution in [1.82, 2.24) is 4.98 Å². The standard InChI is InChI=1S/C24H21FN4O5S2/c1-33-21-9-5-8-18(25)22(21)34-20-11-10-17(29-36(31,32)15-16-6-3-2-4-7-16)14-19(20)27-23(30)28-24-26-12-13-35-24/h2-14,29H,15H2,1H3,(H2,26,27,28,30). The topological polar surface area (TPSA) is 119 Å². The van der Waals surface area contributed by atoms with Gasteiger partial charge < -0.3 is 14.8 Å². The molecular formula is C24H21FN4O5S2. The molecule has 1 aromatic heterocycles. The lowest BCUT2D eigenvalue weighted by molar-refractivity contribution is 0.262. The summed E-state index contributed by atoms with van der Waals surface area (Å²) < 4.78 is 53.3. The highest BCUT2D eigenvalue weighted by atomic mass is 32.2. The Hall–Kier alpha value is -4.16. The van der Waals surface area contributed by atoms with E-state index in [4.69, 9.17) is 9.47 Å². The molecule has 1 heterocycles. The van der Waals surface area contributed by atoms with Gasteiger partial charge in [0.15, 0.2) is 22.4 Å². The van der Waals surface area contributed by atoms with Crippen LogP contribution in [0, 0.1) is 5.82 Å². The van der Waals surface area contributed by atoms with E-state index in [2.05, 4.69) is 20.3 Å². The average Bonchev–Trinajstić information content (AvgIpc) is 3.34. The van der Waals surface area contributed by atoms with Gasteiger partial charge in [-0.2, -0.15) is 0 Å². The number of urea groups is 1. The van der Waals surface area contributed by atoms with E-state index in [-0.39, 0.29) is 34.4 Å². The fourth-order valence-corrected chi connectivity index (χ4v) is 4.90. The predicted molar refractivity (Wildman–Crippen MR) is 137 cm³/mol. The zero-order valence-corrected chi connectivity index (χ0v) is 20.5. The molecule has 0 aliphatic carbocycles. The first-order valence-corrected chi connectivity index (χ1v) is 13.0. The third-order valence-corrected chi connectivity index (χ3v) is 6.66. The second-order valence-corrected chi connectivity index (χ2v) is 9.96. The third-order valence-electron chi connectivity index (χ3n) is 4.72. The van der Waals surface area contributed by atoms with Crippen LogP contribution in [0.2, 0.25) is 0 Å². The molecule has 2 amide bonds. The molecule has 0 aliphatic rings. The fourth-order valence-electron chi connectivity index (χ4n) is 3.18. The van der Waals surface area contributed by atoms with E-state index in [0.717, 1.165) is 0 Å². The highest BCUT2D eigenvalue weighted by Gasteiger charge is 2.18. The molecule has 0 saturated heterocycles. The lowest BCUT2D eigenvalue weighted by atomic mass is 10.2. The Morgan fingerprint density at radius 3 is 2.56 bits per heavy atom. The smallest absolute Gasteiger partial charge is 0.325 e. The summed E-state index contributed by atoms with van der Waals surface area (Å²) in [5.41, 5.74) is 0.857. The van der Waals surface area contributed by atoms with Crippen LogP contribution in [0.4, 0.5) is 25.7 Å². The van der Waals surface area contributed by atoms with Crippen LogP contribution in [0.1, 0.15) is 5.56 Å². The van der Waals surface area contributed by atoms with E-state index in [1.54, 1.807) is 35.7 Å². The molecule has 0 bridgehead atoms. The maximum Gasteiger partial charge on any atom is 0.325 e. The van der Waals surface area contributed by atoms with Crippen molar-refractivity contribution >= 4 is 43.9 Å². The number of thiazole rings is 1. The normalized spacial score (nSPS) is 10.9. The van der Waals surface area contributed by atoms with Crippen LogP contribution in [-0.2, 0) is 15.8 Å². The maximum absolute atomic E-state index is 14.5. The van der Waals surface area contributed by atoms with E-state index in [0.29, 0.717) is 10.7 Å². The molecular weight excluding hydrogens is 507 g/mol. The van der Waals surface area contributed by atoms with E-state index < -0.39 is 21.9 Å². The number of carbonyl (C=O) groups excluding carboxylic acids is 1. The van der Waals surface area contributed by atoms with E-state index in [1.165, 1.54) is 61.0 Å². The van der Waals surface area contributed by atoms with Crippen molar-refractivity contribution in [2.24, 2.45) is 0 Å². The Labute approximate surface area is 211 Å². The van der Waals surface area contributed by atoms with E-state index in [1.807, 2.05) is 0 Å². The highest BCUT2D eigenvalue weighted by Crippen LogP contribution is 2.38. The summed E-state index contributed by atoms with van der Waals surface area (Å²) in [6, 6.07) is 16.4. The summed E-state index contributed by atoms with van der Waals surface area (Å²) in [5.74, 6) is -0.924. The van der Waals surface area contributed by atoms with Gasteiger partial charge in [0.05, 0.1) is 24.2 Å². The summed E-state index contributed by atoms with van der Waals surface area (Å²) in [4.78, 5) is 16.5. The van der Waals surface area contributed by atoms with Crippen molar-refractivity contribution in [3.05, 3.63) is 89.7 Å². The number of sulfonamides is 1. The van der Waals surface area contributed by atoms with Gasteiger partial charge in [0.1, 0.15) is 0 Å². The molecule has 0 atom stereocenters. The van der Waals surface area contributed by atoms with Crippen molar-refractivity contribution in [2.75, 3.05) is 22.5 Å². The predicted octanol–water partition coefficient (Wildman–Crippen LogP) is 5.67. The number of hydrogen-bond acceptors (Lipinski definition) is 7. The number of para-hydroxylation sites is 1. The Morgan fingerprint density at radius 2 is 1.83 bits per heavy atom. The molecule has 4 rings (SSSR count). The number of ether oxygens (including phenoxy) is 2. The van der Waals surface area contributed by atoms with Gasteiger partial charge in [-0.3, -0.25) is 10.0 Å². The molecule has 3 aromatic carbocycles. The molecule has 0 saturated carbocycles. The Bertz CT molecular complexity index is 1450. The minimum atomic E-state index is -3.77. The molecule has 0 spiro atoms. The van der Waals surface area contributed by atoms with Crippen LogP contribution in [0.3, 0.4) is 0 Å². The van der Waals surface area contributed by atoms with Crippen LogP contribution < -0.4 is 24.8 Å². The third kappa shape index (κ3) is 6.49. The lowest BCUT2D eigenvalue weighted by Crippen LogP contribution is -2.20. The number of methoxy groups -OCH3 is 1. The molecule has 0 unspecified atom stereocenters. The average molecular weight is 529 g/mol. The number of nitrogens with zero attached hydrogens (tertiary/aromatic N) is 1. The van der Waals surface area contributed by atoms with Gasteiger partial charge in [-0.1, -0.05) is 36.4 Å². The van der Waals surface area contributed by atoms with Gasteiger partial charge in [-0.25, -0.2) is 22.6 Å². The zero-order chi connectivity index (χ0) is 25.5. The number of rotatable bonds is 9. The summed E-state index contributed by atoms with van der Waals surface area (Å²) in [6.45, 7) is 0. The molecule has 4 aromatic rings. The zero-order valence-electron chi connectivity index (χ0n) is 18.9. The fraction of sp³-hybridized carbons (Fsp3) is 0.0833. The Morgan fingerprint density at radius 1 is 1.03 bits per heavy atom. The summed E-state index contributed by atoms with van der Waals surface area (Å²) in [7, 11) is -2.40. The Balaban J connectivity index is 1.62. The molecule has 186 valence electrons. The second kappa shape index (κ2) is 11.1. The van der Waals surface area contributed by atoms with Crippen molar-refractivity contribution < 1.29 is 27.1 Å². The van der Waals surface area contributed by atoms with Crippen LogP contribution >= 0.6 is 11.3 Å². The van der Waals surface area contributed by atoms with Crippen molar-refractivity contribution in [3.8, 4) is 17.2 Å². The molecule has 9 nitrogen and oxygen atoms in total. The Kier molecular flexibility index (Phi) is 7.66. The molecule has 12 heteroatoms. The number of carbonyl (C=O) groups is 1. The number of benzene rings is 3. The minimum absolute atomic E-state index is 0.0543. The van der Waals surface area contributed by atoms with Crippen molar-refractivity contribution in [2.45, 2.75) is 5.75 Å². The number of amides is 2. The summed E-state index contributed by atoms with van der Waals surface area (Å²) in [6.07, 6.45) is 1.53. The molecule has 0 aliphatic heterocycles. The van der Waals surface area contributed by atoms with Gasteiger partial charge in [-0.15, -0.1) is 11.3 Å². The maximum atomic E-state index is 14.5.